The number of anilines is 1. The van der Waals surface area contributed by atoms with Gasteiger partial charge >= 0.3 is 5.97 Å². The smallest absolute Gasteiger partial charge is 0.331 e. The molecule has 0 saturated carbocycles. The predicted molar refractivity (Wildman–Crippen MR) is 88.9 cm³/mol. The van der Waals surface area contributed by atoms with Crippen LogP contribution in [0, 0.1) is 0 Å². The Bertz CT molecular complexity index is 450. The molecule has 3 nitrogen and oxygen atoms in total. The van der Waals surface area contributed by atoms with Crippen molar-refractivity contribution in [1.82, 2.24) is 0 Å². The van der Waals surface area contributed by atoms with Crippen molar-refractivity contribution in [3.63, 3.8) is 0 Å². The molecule has 0 radical (unpaired) electrons. The molecule has 118 valence electrons. The van der Waals surface area contributed by atoms with Crippen molar-refractivity contribution >= 4 is 23.3 Å². The first-order valence-corrected chi connectivity index (χ1v) is 8.02. The maximum atomic E-state index is 12.1. The van der Waals surface area contributed by atoms with E-state index in [1.165, 1.54) is 26.4 Å². The number of carbonyl (C=O) groups excluding carboxylic acids is 1. The van der Waals surface area contributed by atoms with E-state index in [2.05, 4.69) is 12.2 Å². The lowest BCUT2D eigenvalue weighted by molar-refractivity contribution is -0.145. The van der Waals surface area contributed by atoms with Crippen LogP contribution in [-0.4, -0.2) is 18.6 Å². The van der Waals surface area contributed by atoms with Gasteiger partial charge in [-0.2, -0.15) is 0 Å². The van der Waals surface area contributed by atoms with Gasteiger partial charge in [0.1, 0.15) is 5.54 Å². The summed E-state index contributed by atoms with van der Waals surface area (Å²) in [5, 5.41) is 3.93. The number of hydrogen-bond donors (Lipinski definition) is 1. The van der Waals surface area contributed by atoms with Gasteiger partial charge < -0.3 is 10.1 Å². The highest BCUT2D eigenvalue weighted by Crippen LogP contribution is 2.25. The van der Waals surface area contributed by atoms with E-state index in [0.717, 1.165) is 24.9 Å². The predicted octanol–water partition coefficient (Wildman–Crippen LogP) is 5.04. The van der Waals surface area contributed by atoms with Crippen LogP contribution in [0.3, 0.4) is 0 Å². The molecule has 0 amide bonds. The molecule has 0 aliphatic heterocycles. The van der Waals surface area contributed by atoms with E-state index >= 15 is 0 Å². The number of rotatable bonds is 9. The standard InChI is InChI=1S/C17H26ClNO2/c1-4-5-6-7-8-12-17(2,16(20)21-3)19-15-11-9-10-14(18)13-15/h9-11,13,19H,4-8,12H2,1-3H3. The summed E-state index contributed by atoms with van der Waals surface area (Å²) >= 11 is 5.99. The quantitative estimate of drug-likeness (QED) is 0.512. The lowest BCUT2D eigenvalue weighted by Crippen LogP contribution is -2.44. The van der Waals surface area contributed by atoms with Crippen molar-refractivity contribution in [3.05, 3.63) is 29.3 Å². The summed E-state index contributed by atoms with van der Waals surface area (Å²) in [5.41, 5.74) is 0.120. The topological polar surface area (TPSA) is 38.3 Å². The molecule has 0 fully saturated rings. The van der Waals surface area contributed by atoms with E-state index in [4.69, 9.17) is 16.3 Å². The Hall–Kier alpha value is -1.22. The average molecular weight is 312 g/mol. The van der Waals surface area contributed by atoms with Crippen LogP contribution in [-0.2, 0) is 9.53 Å². The first-order chi connectivity index (χ1) is 10.0. The van der Waals surface area contributed by atoms with Crippen molar-refractivity contribution in [2.45, 2.75) is 57.9 Å². The molecule has 1 aromatic rings. The number of hydrogen-bond acceptors (Lipinski definition) is 3. The normalized spacial score (nSPS) is 13.5. The second-order valence-electron chi connectivity index (χ2n) is 5.62. The monoisotopic (exact) mass is 311 g/mol. The average Bonchev–Trinajstić information content (AvgIpc) is 2.46. The van der Waals surface area contributed by atoms with Crippen molar-refractivity contribution in [1.29, 1.82) is 0 Å². The number of methoxy groups -OCH3 is 1. The first kappa shape index (κ1) is 17.8. The van der Waals surface area contributed by atoms with Crippen LogP contribution in [0.4, 0.5) is 5.69 Å². The van der Waals surface area contributed by atoms with Gasteiger partial charge in [0.05, 0.1) is 7.11 Å². The van der Waals surface area contributed by atoms with Crippen LogP contribution in [0.1, 0.15) is 52.4 Å². The summed E-state index contributed by atoms with van der Waals surface area (Å²) in [7, 11) is 1.43. The van der Waals surface area contributed by atoms with Crippen molar-refractivity contribution < 1.29 is 9.53 Å². The molecule has 1 rings (SSSR count). The van der Waals surface area contributed by atoms with Gasteiger partial charge in [-0.15, -0.1) is 0 Å². The van der Waals surface area contributed by atoms with E-state index < -0.39 is 5.54 Å². The zero-order valence-corrected chi connectivity index (χ0v) is 14.0. The molecule has 0 spiro atoms. The minimum absolute atomic E-state index is 0.238. The molecule has 0 aliphatic carbocycles. The Morgan fingerprint density at radius 2 is 2.00 bits per heavy atom. The molecule has 0 aromatic heterocycles. The molecule has 0 heterocycles. The Balaban J connectivity index is 2.67. The first-order valence-electron chi connectivity index (χ1n) is 7.64. The van der Waals surface area contributed by atoms with Gasteiger partial charge in [-0.3, -0.25) is 0 Å². The van der Waals surface area contributed by atoms with Gasteiger partial charge in [0.15, 0.2) is 0 Å². The number of carbonyl (C=O) groups is 1. The Morgan fingerprint density at radius 1 is 1.29 bits per heavy atom. The van der Waals surface area contributed by atoms with Crippen LogP contribution in [0.5, 0.6) is 0 Å². The largest absolute Gasteiger partial charge is 0.467 e. The second kappa shape index (κ2) is 8.93. The number of benzene rings is 1. The number of halogens is 1. The third-order valence-electron chi connectivity index (χ3n) is 3.66. The third kappa shape index (κ3) is 5.96. The highest BCUT2D eigenvalue weighted by Gasteiger charge is 2.33. The molecule has 1 atom stereocenters. The van der Waals surface area contributed by atoms with Crippen LogP contribution in [0.15, 0.2) is 24.3 Å². The minimum atomic E-state index is -0.717. The lowest BCUT2D eigenvalue weighted by atomic mass is 9.93. The van der Waals surface area contributed by atoms with E-state index in [0.29, 0.717) is 5.02 Å². The highest BCUT2D eigenvalue weighted by atomic mass is 35.5. The fraction of sp³-hybridized carbons (Fsp3) is 0.588. The van der Waals surface area contributed by atoms with Gasteiger partial charge in [0, 0.05) is 10.7 Å². The van der Waals surface area contributed by atoms with Gasteiger partial charge in [0.2, 0.25) is 0 Å². The molecule has 0 aliphatic rings. The summed E-state index contributed by atoms with van der Waals surface area (Å²) < 4.78 is 4.96. The summed E-state index contributed by atoms with van der Waals surface area (Å²) in [6, 6.07) is 7.40. The fourth-order valence-electron chi connectivity index (χ4n) is 2.41. The number of esters is 1. The fourth-order valence-corrected chi connectivity index (χ4v) is 2.60. The van der Waals surface area contributed by atoms with Gasteiger partial charge in [-0.1, -0.05) is 56.7 Å². The number of nitrogens with one attached hydrogen (secondary N) is 1. The molecule has 4 heteroatoms. The maximum absolute atomic E-state index is 12.1. The van der Waals surface area contributed by atoms with Gasteiger partial charge in [-0.25, -0.2) is 4.79 Å². The zero-order valence-electron chi connectivity index (χ0n) is 13.2. The Labute approximate surface area is 133 Å². The molecule has 1 aromatic carbocycles. The molecule has 1 unspecified atom stereocenters. The van der Waals surface area contributed by atoms with Crippen molar-refractivity contribution in [2.75, 3.05) is 12.4 Å². The maximum Gasteiger partial charge on any atom is 0.331 e. The molecule has 0 bridgehead atoms. The summed E-state index contributed by atoms with van der Waals surface area (Å²) in [5.74, 6) is -0.238. The van der Waals surface area contributed by atoms with Gasteiger partial charge in [-0.05, 0) is 31.5 Å². The third-order valence-corrected chi connectivity index (χ3v) is 3.90. The van der Waals surface area contributed by atoms with Crippen LogP contribution in [0.2, 0.25) is 5.02 Å². The van der Waals surface area contributed by atoms with E-state index in [9.17, 15) is 4.79 Å². The second-order valence-corrected chi connectivity index (χ2v) is 6.06. The van der Waals surface area contributed by atoms with Crippen molar-refractivity contribution in [2.24, 2.45) is 0 Å². The number of unbranched alkanes of at least 4 members (excludes halogenated alkanes) is 4. The van der Waals surface area contributed by atoms with Crippen LogP contribution in [0.25, 0.3) is 0 Å². The molecular weight excluding hydrogens is 286 g/mol. The summed E-state index contributed by atoms with van der Waals surface area (Å²) in [6.45, 7) is 4.08. The summed E-state index contributed by atoms with van der Waals surface area (Å²) in [6.07, 6.45) is 6.56. The van der Waals surface area contributed by atoms with Crippen molar-refractivity contribution in [3.8, 4) is 0 Å². The molecule has 21 heavy (non-hydrogen) atoms. The minimum Gasteiger partial charge on any atom is -0.467 e. The van der Waals surface area contributed by atoms with E-state index in [1.807, 2.05) is 31.2 Å². The highest BCUT2D eigenvalue weighted by molar-refractivity contribution is 6.30. The summed E-state index contributed by atoms with van der Waals surface area (Å²) in [4.78, 5) is 12.1. The SMILES string of the molecule is CCCCCCCC(C)(Nc1cccc(Cl)c1)C(=O)OC. The lowest BCUT2D eigenvalue weighted by Gasteiger charge is -2.29. The van der Waals surface area contributed by atoms with Crippen LogP contribution >= 0.6 is 11.6 Å². The number of ether oxygens (including phenoxy) is 1. The molecule has 1 N–H and O–H groups in total. The van der Waals surface area contributed by atoms with E-state index in [-0.39, 0.29) is 5.97 Å². The van der Waals surface area contributed by atoms with Gasteiger partial charge in [0.25, 0.3) is 0 Å². The molecular formula is C17H26ClNO2. The Kier molecular flexibility index (Phi) is 7.58. The zero-order chi connectivity index (χ0) is 15.7. The van der Waals surface area contributed by atoms with Crippen LogP contribution < -0.4 is 5.32 Å². The molecule has 0 saturated heterocycles. The Morgan fingerprint density at radius 3 is 2.62 bits per heavy atom. The van der Waals surface area contributed by atoms with E-state index in [1.54, 1.807) is 0 Å².